The molecule has 7 nitrogen and oxygen atoms in total. The molecule has 0 aliphatic heterocycles. The van der Waals surface area contributed by atoms with Crippen molar-refractivity contribution < 1.29 is 18.0 Å². The second-order valence-electron chi connectivity index (χ2n) is 10.3. The molecule has 0 bridgehead atoms. The number of nitrogens with one attached hydrogen (secondary N) is 1. The average molecular weight is 591 g/mol. The molecular formula is C29H33Cl2N3O4S. The summed E-state index contributed by atoms with van der Waals surface area (Å²) in [5, 5.41) is 3.96. The molecule has 208 valence electrons. The molecule has 1 N–H and O–H groups in total. The molecular weight excluding hydrogens is 557 g/mol. The van der Waals surface area contributed by atoms with Crippen LogP contribution in [0.5, 0.6) is 0 Å². The lowest BCUT2D eigenvalue weighted by Gasteiger charge is -2.35. The van der Waals surface area contributed by atoms with E-state index in [1.807, 2.05) is 51.1 Å². The minimum Gasteiger partial charge on any atom is -0.350 e. The summed E-state index contributed by atoms with van der Waals surface area (Å²) >= 11 is 12.1. The lowest BCUT2D eigenvalue weighted by atomic mass is 10.0. The van der Waals surface area contributed by atoms with Crippen LogP contribution in [0.3, 0.4) is 0 Å². The van der Waals surface area contributed by atoms with Gasteiger partial charge in [-0.25, -0.2) is 8.42 Å². The molecule has 0 saturated heterocycles. The van der Waals surface area contributed by atoms with Gasteiger partial charge in [0, 0.05) is 28.5 Å². The van der Waals surface area contributed by atoms with E-state index in [2.05, 4.69) is 5.32 Å². The number of carbonyl (C=O) groups excluding carboxylic acids is 2. The molecule has 39 heavy (non-hydrogen) atoms. The zero-order chi connectivity index (χ0) is 28.8. The first-order valence-electron chi connectivity index (χ1n) is 12.4. The highest BCUT2D eigenvalue weighted by molar-refractivity contribution is 7.92. The summed E-state index contributed by atoms with van der Waals surface area (Å²) in [5.41, 5.74) is 1.34. The molecule has 0 fully saturated rings. The summed E-state index contributed by atoms with van der Waals surface area (Å²) in [6, 6.07) is 21.6. The van der Waals surface area contributed by atoms with Gasteiger partial charge in [0.25, 0.3) is 0 Å². The highest BCUT2D eigenvalue weighted by atomic mass is 35.5. The Labute approximate surface area is 240 Å². The van der Waals surface area contributed by atoms with E-state index in [-0.39, 0.29) is 18.9 Å². The number of hydrogen-bond donors (Lipinski definition) is 1. The van der Waals surface area contributed by atoms with Crippen molar-refractivity contribution in [3.05, 3.63) is 100 Å². The number of rotatable bonds is 10. The molecule has 2 amide bonds. The fourth-order valence-electron chi connectivity index (χ4n) is 4.01. The Morgan fingerprint density at radius 3 is 1.90 bits per heavy atom. The van der Waals surface area contributed by atoms with Crippen LogP contribution in [0.1, 0.15) is 31.9 Å². The molecule has 0 heterocycles. The van der Waals surface area contributed by atoms with E-state index in [1.54, 1.807) is 36.4 Å². The highest BCUT2D eigenvalue weighted by Crippen LogP contribution is 2.23. The molecule has 10 heteroatoms. The van der Waals surface area contributed by atoms with Crippen molar-refractivity contribution in [2.24, 2.45) is 0 Å². The van der Waals surface area contributed by atoms with Gasteiger partial charge >= 0.3 is 0 Å². The molecule has 3 rings (SSSR count). The Balaban J connectivity index is 2.06. The third-order valence-corrected chi connectivity index (χ3v) is 7.47. The second-order valence-corrected chi connectivity index (χ2v) is 13.1. The molecule has 0 aliphatic carbocycles. The van der Waals surface area contributed by atoms with Gasteiger partial charge in [0.05, 0.1) is 11.9 Å². The topological polar surface area (TPSA) is 86.8 Å². The molecule has 0 aromatic heterocycles. The molecule has 3 aromatic rings. The number of sulfonamides is 1. The largest absolute Gasteiger partial charge is 0.350 e. The van der Waals surface area contributed by atoms with Crippen molar-refractivity contribution in [1.82, 2.24) is 10.2 Å². The number of benzene rings is 3. The van der Waals surface area contributed by atoms with Gasteiger partial charge in [-0.15, -0.1) is 0 Å². The normalized spacial score (nSPS) is 12.5. The number of anilines is 1. The van der Waals surface area contributed by atoms with E-state index in [0.717, 1.165) is 21.7 Å². The van der Waals surface area contributed by atoms with Crippen LogP contribution in [0.4, 0.5) is 5.69 Å². The van der Waals surface area contributed by atoms with Crippen molar-refractivity contribution in [3.63, 3.8) is 0 Å². The molecule has 0 saturated carbocycles. The SMILES string of the molecule is CC(C)(C)NC(=O)C(Cc1ccccc1)N(Cc1ccc(Cl)cc1)C(=O)CN(c1ccc(Cl)cc1)S(C)(=O)=O. The first kappa shape index (κ1) is 30.5. The highest BCUT2D eigenvalue weighted by Gasteiger charge is 2.34. The number of nitrogens with zero attached hydrogens (tertiary/aromatic N) is 2. The monoisotopic (exact) mass is 589 g/mol. The summed E-state index contributed by atoms with van der Waals surface area (Å²) in [6.07, 6.45) is 1.27. The van der Waals surface area contributed by atoms with Crippen LogP contribution in [0.15, 0.2) is 78.9 Å². The molecule has 1 atom stereocenters. The summed E-state index contributed by atoms with van der Waals surface area (Å²) in [4.78, 5) is 29.1. The lowest BCUT2D eigenvalue weighted by molar-refractivity contribution is -0.140. The van der Waals surface area contributed by atoms with Gasteiger partial charge in [0.1, 0.15) is 12.6 Å². The Bertz CT molecular complexity index is 1370. The van der Waals surface area contributed by atoms with E-state index < -0.39 is 34.1 Å². The molecule has 1 unspecified atom stereocenters. The molecule has 0 radical (unpaired) electrons. The van der Waals surface area contributed by atoms with Crippen molar-refractivity contribution in [2.45, 2.75) is 45.3 Å². The van der Waals surface area contributed by atoms with E-state index in [4.69, 9.17) is 23.2 Å². The third-order valence-electron chi connectivity index (χ3n) is 5.83. The minimum atomic E-state index is -3.85. The number of halogens is 2. The van der Waals surface area contributed by atoms with E-state index >= 15 is 0 Å². The van der Waals surface area contributed by atoms with Crippen LogP contribution >= 0.6 is 23.2 Å². The summed E-state index contributed by atoms with van der Waals surface area (Å²) in [5.74, 6) is -0.874. The fraction of sp³-hybridized carbons (Fsp3) is 0.310. The van der Waals surface area contributed by atoms with Gasteiger partial charge in [0.15, 0.2) is 0 Å². The minimum absolute atomic E-state index is 0.0727. The van der Waals surface area contributed by atoms with Crippen molar-refractivity contribution >= 4 is 50.7 Å². The lowest BCUT2D eigenvalue weighted by Crippen LogP contribution is -2.56. The third kappa shape index (κ3) is 9.27. The van der Waals surface area contributed by atoms with Crippen molar-refractivity contribution in [3.8, 4) is 0 Å². The van der Waals surface area contributed by atoms with Gasteiger partial charge in [-0.3, -0.25) is 13.9 Å². The maximum Gasteiger partial charge on any atom is 0.244 e. The Morgan fingerprint density at radius 1 is 0.846 bits per heavy atom. The maximum atomic E-state index is 14.0. The fourth-order valence-corrected chi connectivity index (χ4v) is 5.12. The standard InChI is InChI=1S/C29H33Cl2N3O4S/c1-29(2,3)32-28(36)26(18-21-8-6-5-7-9-21)33(19-22-10-12-23(30)13-11-22)27(35)20-34(39(4,37)38)25-16-14-24(31)15-17-25/h5-17,26H,18-20H2,1-4H3,(H,32,36). The Hall–Kier alpha value is -3.07. The van der Waals surface area contributed by atoms with Crippen LogP contribution in [-0.4, -0.2) is 49.5 Å². The van der Waals surface area contributed by atoms with Crippen LogP contribution in [0.25, 0.3) is 0 Å². The van der Waals surface area contributed by atoms with Crippen molar-refractivity contribution in [1.29, 1.82) is 0 Å². The number of hydrogen-bond acceptors (Lipinski definition) is 4. The Morgan fingerprint density at radius 2 is 1.38 bits per heavy atom. The van der Waals surface area contributed by atoms with Crippen LogP contribution in [0.2, 0.25) is 10.0 Å². The van der Waals surface area contributed by atoms with Crippen LogP contribution in [-0.2, 0) is 32.6 Å². The smallest absolute Gasteiger partial charge is 0.244 e. The van der Waals surface area contributed by atoms with Gasteiger partial charge in [-0.05, 0) is 68.3 Å². The second kappa shape index (κ2) is 12.9. The predicted octanol–water partition coefficient (Wildman–Crippen LogP) is 5.31. The maximum absolute atomic E-state index is 14.0. The zero-order valence-corrected chi connectivity index (χ0v) is 24.7. The number of carbonyl (C=O) groups is 2. The zero-order valence-electron chi connectivity index (χ0n) is 22.4. The van der Waals surface area contributed by atoms with Crippen molar-refractivity contribution in [2.75, 3.05) is 17.1 Å². The molecule has 0 spiro atoms. The van der Waals surface area contributed by atoms with E-state index in [1.165, 1.54) is 17.0 Å². The summed E-state index contributed by atoms with van der Waals surface area (Å²) in [7, 11) is -3.85. The van der Waals surface area contributed by atoms with E-state index in [0.29, 0.717) is 15.7 Å². The van der Waals surface area contributed by atoms with Crippen LogP contribution < -0.4 is 9.62 Å². The van der Waals surface area contributed by atoms with Gasteiger partial charge in [-0.2, -0.15) is 0 Å². The van der Waals surface area contributed by atoms with Gasteiger partial charge in [0.2, 0.25) is 21.8 Å². The van der Waals surface area contributed by atoms with Crippen LogP contribution in [0, 0.1) is 0 Å². The first-order valence-corrected chi connectivity index (χ1v) is 15.0. The molecule has 0 aliphatic rings. The van der Waals surface area contributed by atoms with Gasteiger partial charge < -0.3 is 10.2 Å². The number of amides is 2. The van der Waals surface area contributed by atoms with Gasteiger partial charge in [-0.1, -0.05) is 65.7 Å². The van der Waals surface area contributed by atoms with E-state index in [9.17, 15) is 18.0 Å². The first-order chi connectivity index (χ1) is 18.2. The molecule has 3 aromatic carbocycles. The summed E-state index contributed by atoms with van der Waals surface area (Å²) in [6.45, 7) is 5.16. The quantitative estimate of drug-likeness (QED) is 0.347. The Kier molecular flexibility index (Phi) is 10.0. The predicted molar refractivity (Wildman–Crippen MR) is 157 cm³/mol. The average Bonchev–Trinajstić information content (AvgIpc) is 2.85. The summed E-state index contributed by atoms with van der Waals surface area (Å²) < 4.78 is 26.6.